The second kappa shape index (κ2) is 5.72. The fourth-order valence-corrected chi connectivity index (χ4v) is 2.53. The lowest BCUT2D eigenvalue weighted by atomic mass is 10.1. The number of rotatable bonds is 3. The molecule has 0 aliphatic carbocycles. The van der Waals surface area contributed by atoms with Crippen molar-refractivity contribution in [2.75, 3.05) is 18.0 Å². The highest BCUT2D eigenvalue weighted by molar-refractivity contribution is 5.48. The monoisotopic (exact) mass is 249 g/mol. The highest BCUT2D eigenvalue weighted by Gasteiger charge is 2.22. The molecule has 1 N–H and O–H groups in total. The van der Waals surface area contributed by atoms with Crippen LogP contribution in [0.4, 0.5) is 5.69 Å². The molecule has 2 rings (SSSR count). The van der Waals surface area contributed by atoms with Crippen molar-refractivity contribution in [2.45, 2.75) is 45.5 Å². The lowest BCUT2D eigenvalue weighted by molar-refractivity contribution is -0.00522. The van der Waals surface area contributed by atoms with Gasteiger partial charge in [-0.15, -0.1) is 0 Å². The zero-order valence-electron chi connectivity index (χ0n) is 11.5. The predicted molar refractivity (Wildman–Crippen MR) is 73.9 cm³/mol. The van der Waals surface area contributed by atoms with Gasteiger partial charge in [0.1, 0.15) is 0 Å². The Morgan fingerprint density at radius 3 is 2.28 bits per heavy atom. The van der Waals surface area contributed by atoms with E-state index in [-0.39, 0.29) is 18.3 Å². The molecule has 1 heterocycles. The van der Waals surface area contributed by atoms with Gasteiger partial charge in [0.25, 0.3) is 0 Å². The third-order valence-electron chi connectivity index (χ3n) is 3.45. The van der Waals surface area contributed by atoms with Crippen molar-refractivity contribution in [2.24, 2.45) is 0 Å². The average Bonchev–Trinajstić information content (AvgIpc) is 2.37. The molecule has 18 heavy (non-hydrogen) atoms. The highest BCUT2D eigenvalue weighted by atomic mass is 16.5. The van der Waals surface area contributed by atoms with Gasteiger partial charge in [-0.3, -0.25) is 0 Å². The second-order valence-corrected chi connectivity index (χ2v) is 5.18. The Balaban J connectivity index is 2.09. The third kappa shape index (κ3) is 3.03. The average molecular weight is 249 g/mol. The number of hydrogen-bond acceptors (Lipinski definition) is 3. The van der Waals surface area contributed by atoms with Gasteiger partial charge in [-0.05, 0) is 38.0 Å². The number of nitrogens with zero attached hydrogens (tertiary/aromatic N) is 1. The van der Waals surface area contributed by atoms with Crippen molar-refractivity contribution in [3.63, 3.8) is 0 Å². The standard InChI is InChI=1S/C15H23NO2/c1-4-15(17)13-5-7-14(8-6-13)16-9-11(2)18-12(3)10-16/h5-8,11-12,15,17H,4,9-10H2,1-3H3. The summed E-state index contributed by atoms with van der Waals surface area (Å²) < 4.78 is 5.74. The topological polar surface area (TPSA) is 32.7 Å². The fourth-order valence-electron chi connectivity index (χ4n) is 2.53. The van der Waals surface area contributed by atoms with Crippen molar-refractivity contribution in [3.05, 3.63) is 29.8 Å². The zero-order chi connectivity index (χ0) is 13.1. The van der Waals surface area contributed by atoms with Crippen LogP contribution in [0.2, 0.25) is 0 Å². The summed E-state index contributed by atoms with van der Waals surface area (Å²) in [6.07, 6.45) is 0.955. The van der Waals surface area contributed by atoms with E-state index in [1.807, 2.05) is 19.1 Å². The molecule has 1 saturated heterocycles. The molecule has 0 bridgehead atoms. The van der Waals surface area contributed by atoms with Crippen molar-refractivity contribution in [1.82, 2.24) is 0 Å². The van der Waals surface area contributed by atoms with Gasteiger partial charge in [-0.1, -0.05) is 19.1 Å². The normalized spacial score (nSPS) is 26.1. The number of morpholine rings is 1. The van der Waals surface area contributed by atoms with Gasteiger partial charge in [0, 0.05) is 18.8 Å². The lowest BCUT2D eigenvalue weighted by Gasteiger charge is -2.37. The number of benzene rings is 1. The summed E-state index contributed by atoms with van der Waals surface area (Å²) in [4.78, 5) is 2.35. The van der Waals surface area contributed by atoms with Crippen LogP contribution in [0.3, 0.4) is 0 Å². The van der Waals surface area contributed by atoms with E-state index >= 15 is 0 Å². The van der Waals surface area contributed by atoms with Crippen LogP contribution in [0.1, 0.15) is 38.9 Å². The first-order chi connectivity index (χ1) is 8.60. The molecule has 3 heteroatoms. The molecular weight excluding hydrogens is 226 g/mol. The van der Waals surface area contributed by atoms with E-state index in [4.69, 9.17) is 4.74 Å². The maximum absolute atomic E-state index is 9.78. The summed E-state index contributed by atoms with van der Waals surface area (Å²) in [5.74, 6) is 0. The smallest absolute Gasteiger partial charge is 0.0787 e. The number of ether oxygens (including phenoxy) is 1. The van der Waals surface area contributed by atoms with Gasteiger partial charge < -0.3 is 14.7 Å². The largest absolute Gasteiger partial charge is 0.388 e. The van der Waals surface area contributed by atoms with Crippen LogP contribution in [-0.2, 0) is 4.74 Å². The maximum Gasteiger partial charge on any atom is 0.0787 e. The molecule has 3 nitrogen and oxygen atoms in total. The van der Waals surface area contributed by atoms with E-state index in [0.29, 0.717) is 0 Å². The lowest BCUT2D eigenvalue weighted by Crippen LogP contribution is -2.45. The Morgan fingerprint density at radius 2 is 1.78 bits per heavy atom. The molecule has 1 aromatic carbocycles. The fraction of sp³-hybridized carbons (Fsp3) is 0.600. The number of anilines is 1. The second-order valence-electron chi connectivity index (χ2n) is 5.18. The Morgan fingerprint density at radius 1 is 1.22 bits per heavy atom. The molecule has 1 aliphatic rings. The quantitative estimate of drug-likeness (QED) is 0.894. The Hall–Kier alpha value is -1.06. The summed E-state index contributed by atoms with van der Waals surface area (Å²) in [7, 11) is 0. The van der Waals surface area contributed by atoms with E-state index in [2.05, 4.69) is 30.9 Å². The van der Waals surface area contributed by atoms with E-state index in [1.54, 1.807) is 0 Å². The first-order valence-corrected chi connectivity index (χ1v) is 6.78. The van der Waals surface area contributed by atoms with E-state index in [0.717, 1.165) is 25.1 Å². The van der Waals surface area contributed by atoms with Crippen LogP contribution >= 0.6 is 0 Å². The molecule has 0 aromatic heterocycles. The molecule has 100 valence electrons. The minimum absolute atomic E-state index is 0.273. The highest BCUT2D eigenvalue weighted by Crippen LogP contribution is 2.23. The molecule has 3 unspecified atom stereocenters. The van der Waals surface area contributed by atoms with Crippen LogP contribution in [0, 0.1) is 0 Å². The number of hydrogen-bond donors (Lipinski definition) is 1. The van der Waals surface area contributed by atoms with Crippen molar-refractivity contribution < 1.29 is 9.84 Å². The van der Waals surface area contributed by atoms with Gasteiger partial charge >= 0.3 is 0 Å². The maximum atomic E-state index is 9.78. The Bertz CT molecular complexity index is 367. The van der Waals surface area contributed by atoms with Gasteiger partial charge in [-0.25, -0.2) is 0 Å². The molecule has 0 spiro atoms. The number of aliphatic hydroxyl groups is 1. The predicted octanol–water partition coefficient (Wildman–Crippen LogP) is 2.74. The third-order valence-corrected chi connectivity index (χ3v) is 3.45. The summed E-state index contributed by atoms with van der Waals surface area (Å²) in [5, 5.41) is 9.78. The molecule has 1 fully saturated rings. The first kappa shape index (κ1) is 13.4. The van der Waals surface area contributed by atoms with Gasteiger partial charge in [-0.2, -0.15) is 0 Å². The summed E-state index contributed by atoms with van der Waals surface area (Å²) >= 11 is 0. The minimum Gasteiger partial charge on any atom is -0.388 e. The summed E-state index contributed by atoms with van der Waals surface area (Å²) in [6, 6.07) is 8.24. The SMILES string of the molecule is CCC(O)c1ccc(N2CC(C)OC(C)C2)cc1. The molecular formula is C15H23NO2. The van der Waals surface area contributed by atoms with Gasteiger partial charge in [0.2, 0.25) is 0 Å². The van der Waals surface area contributed by atoms with Crippen molar-refractivity contribution in [1.29, 1.82) is 0 Å². The molecule has 3 atom stereocenters. The van der Waals surface area contributed by atoms with Crippen LogP contribution < -0.4 is 4.90 Å². The van der Waals surface area contributed by atoms with Crippen molar-refractivity contribution in [3.8, 4) is 0 Å². The molecule has 1 aliphatic heterocycles. The number of aliphatic hydroxyl groups excluding tert-OH is 1. The van der Waals surface area contributed by atoms with Gasteiger partial charge in [0.15, 0.2) is 0 Å². The summed E-state index contributed by atoms with van der Waals surface area (Å²) in [5.41, 5.74) is 2.21. The summed E-state index contributed by atoms with van der Waals surface area (Å²) in [6.45, 7) is 8.07. The van der Waals surface area contributed by atoms with Crippen LogP contribution in [0.5, 0.6) is 0 Å². The minimum atomic E-state index is -0.346. The first-order valence-electron chi connectivity index (χ1n) is 6.78. The zero-order valence-corrected chi connectivity index (χ0v) is 11.5. The Kier molecular flexibility index (Phi) is 4.25. The molecule has 1 aromatic rings. The van der Waals surface area contributed by atoms with Crippen LogP contribution in [0.15, 0.2) is 24.3 Å². The van der Waals surface area contributed by atoms with E-state index in [1.165, 1.54) is 5.69 Å². The van der Waals surface area contributed by atoms with Crippen LogP contribution in [0.25, 0.3) is 0 Å². The molecule has 0 amide bonds. The van der Waals surface area contributed by atoms with Crippen molar-refractivity contribution >= 4 is 5.69 Å². The molecule has 0 saturated carbocycles. The molecule has 0 radical (unpaired) electrons. The van der Waals surface area contributed by atoms with E-state index < -0.39 is 0 Å². The van der Waals surface area contributed by atoms with E-state index in [9.17, 15) is 5.11 Å². The van der Waals surface area contributed by atoms with Gasteiger partial charge in [0.05, 0.1) is 18.3 Å². The Labute approximate surface area is 109 Å². The van der Waals surface area contributed by atoms with Crippen LogP contribution in [-0.4, -0.2) is 30.4 Å².